The Labute approximate surface area is 117 Å². The first kappa shape index (κ1) is 12.9. The normalized spacial score (nSPS) is 17.1. The highest BCUT2D eigenvalue weighted by molar-refractivity contribution is 5.99. The van der Waals surface area contributed by atoms with E-state index in [1.807, 2.05) is 18.2 Å². The van der Waals surface area contributed by atoms with Gasteiger partial charge in [-0.2, -0.15) is 0 Å². The zero-order valence-electron chi connectivity index (χ0n) is 11.3. The predicted octanol–water partition coefficient (Wildman–Crippen LogP) is 3.46. The summed E-state index contributed by atoms with van der Waals surface area (Å²) in [5.74, 6) is -0.621. The van der Waals surface area contributed by atoms with Gasteiger partial charge >= 0.3 is 0 Å². The molecule has 102 valence electrons. The number of halogens is 1. The molecule has 0 bridgehead atoms. The second-order valence-electron chi connectivity index (χ2n) is 5.21. The number of para-hydroxylation sites is 1. The molecule has 1 aliphatic heterocycles. The number of carbonyl (C=O) groups excluding carboxylic acids is 1. The van der Waals surface area contributed by atoms with Crippen molar-refractivity contribution in [3.05, 3.63) is 65.5 Å². The summed E-state index contributed by atoms with van der Waals surface area (Å²) < 4.78 is 13.7. The van der Waals surface area contributed by atoms with Crippen LogP contribution in [-0.2, 0) is 6.42 Å². The summed E-state index contributed by atoms with van der Waals surface area (Å²) in [6.07, 6.45) is 0.931. The minimum Gasteiger partial charge on any atom is -0.361 e. The molecule has 2 aromatic rings. The van der Waals surface area contributed by atoms with Gasteiger partial charge < -0.3 is 4.90 Å². The lowest BCUT2D eigenvalue weighted by Crippen LogP contribution is -2.34. The van der Waals surface area contributed by atoms with Crippen molar-refractivity contribution < 1.29 is 9.18 Å². The van der Waals surface area contributed by atoms with E-state index in [4.69, 9.17) is 0 Å². The summed E-state index contributed by atoms with van der Waals surface area (Å²) in [7, 11) is 0. The fourth-order valence-corrected chi connectivity index (χ4v) is 2.80. The molecule has 3 heteroatoms. The molecule has 1 aliphatic rings. The summed E-state index contributed by atoms with van der Waals surface area (Å²) in [4.78, 5) is 14.4. The van der Waals surface area contributed by atoms with Crippen molar-refractivity contribution >= 4 is 11.5 Å². The van der Waals surface area contributed by atoms with E-state index in [0.717, 1.165) is 12.1 Å². The predicted molar refractivity (Wildman–Crippen MR) is 77.7 cm³/mol. The SMILES string of the molecule is CC1Cc2ccccc2N1CC(=O)c1ccccc1F. The molecule has 1 unspecified atom stereocenters. The molecule has 0 amide bonds. The number of rotatable bonds is 3. The van der Waals surface area contributed by atoms with Crippen molar-refractivity contribution in [1.82, 2.24) is 0 Å². The van der Waals surface area contributed by atoms with Gasteiger partial charge in [0.05, 0.1) is 12.1 Å². The third kappa shape index (κ3) is 2.20. The second-order valence-corrected chi connectivity index (χ2v) is 5.21. The minimum atomic E-state index is -0.447. The summed E-state index contributed by atoms with van der Waals surface area (Å²) in [6.45, 7) is 2.31. The average Bonchev–Trinajstić information content (AvgIpc) is 2.76. The van der Waals surface area contributed by atoms with Crippen molar-refractivity contribution in [2.75, 3.05) is 11.4 Å². The van der Waals surface area contributed by atoms with Crippen molar-refractivity contribution in [2.24, 2.45) is 0 Å². The molecule has 0 aromatic heterocycles. The zero-order chi connectivity index (χ0) is 14.1. The average molecular weight is 269 g/mol. The zero-order valence-corrected chi connectivity index (χ0v) is 11.3. The second kappa shape index (κ2) is 5.08. The standard InChI is InChI=1S/C17H16FNO/c1-12-10-13-6-2-5-9-16(13)19(12)11-17(20)14-7-3-4-8-15(14)18/h2-9,12H,10-11H2,1H3. The third-order valence-corrected chi connectivity index (χ3v) is 3.84. The maximum atomic E-state index is 13.7. The Hall–Kier alpha value is -2.16. The number of nitrogens with zero attached hydrogens (tertiary/aromatic N) is 1. The van der Waals surface area contributed by atoms with Gasteiger partial charge in [0.1, 0.15) is 5.82 Å². The largest absolute Gasteiger partial charge is 0.361 e. The lowest BCUT2D eigenvalue weighted by Gasteiger charge is -2.24. The Morgan fingerprint density at radius 2 is 1.90 bits per heavy atom. The van der Waals surface area contributed by atoms with Crippen LogP contribution in [0.2, 0.25) is 0 Å². The van der Waals surface area contributed by atoms with Gasteiger partial charge in [0, 0.05) is 11.7 Å². The van der Waals surface area contributed by atoms with Crippen LogP contribution in [-0.4, -0.2) is 18.4 Å². The Morgan fingerprint density at radius 1 is 1.20 bits per heavy atom. The first-order chi connectivity index (χ1) is 9.66. The molecule has 0 aliphatic carbocycles. The smallest absolute Gasteiger partial charge is 0.185 e. The third-order valence-electron chi connectivity index (χ3n) is 3.84. The first-order valence-corrected chi connectivity index (χ1v) is 6.79. The molecule has 0 fully saturated rings. The van der Waals surface area contributed by atoms with Crippen LogP contribution < -0.4 is 4.90 Å². The maximum absolute atomic E-state index is 13.7. The Bertz CT molecular complexity index is 653. The molecule has 0 radical (unpaired) electrons. The van der Waals surface area contributed by atoms with Crippen molar-refractivity contribution in [3.63, 3.8) is 0 Å². The monoisotopic (exact) mass is 269 g/mol. The lowest BCUT2D eigenvalue weighted by molar-refractivity contribution is 0.0994. The van der Waals surface area contributed by atoms with Gasteiger partial charge in [-0.3, -0.25) is 4.79 Å². The lowest BCUT2D eigenvalue weighted by atomic mass is 10.1. The van der Waals surface area contributed by atoms with Crippen molar-refractivity contribution in [2.45, 2.75) is 19.4 Å². The van der Waals surface area contributed by atoms with Gasteiger partial charge in [0.2, 0.25) is 0 Å². The topological polar surface area (TPSA) is 20.3 Å². The van der Waals surface area contributed by atoms with E-state index in [9.17, 15) is 9.18 Å². The van der Waals surface area contributed by atoms with Gasteiger partial charge in [-0.25, -0.2) is 4.39 Å². The maximum Gasteiger partial charge on any atom is 0.185 e. The van der Waals surface area contributed by atoms with E-state index < -0.39 is 5.82 Å². The van der Waals surface area contributed by atoms with Gasteiger partial charge in [-0.1, -0.05) is 30.3 Å². The van der Waals surface area contributed by atoms with Crippen LogP contribution in [0.15, 0.2) is 48.5 Å². The van der Waals surface area contributed by atoms with Crippen LogP contribution in [0.4, 0.5) is 10.1 Å². The van der Waals surface area contributed by atoms with E-state index in [0.29, 0.717) is 0 Å². The highest BCUT2D eigenvalue weighted by Crippen LogP contribution is 2.31. The number of benzene rings is 2. The molecule has 1 heterocycles. The van der Waals surface area contributed by atoms with E-state index >= 15 is 0 Å². The van der Waals surface area contributed by atoms with Gasteiger partial charge in [0.15, 0.2) is 5.78 Å². The number of hydrogen-bond donors (Lipinski definition) is 0. The number of carbonyl (C=O) groups is 1. The molecular formula is C17H16FNO. The van der Waals surface area contributed by atoms with Crippen LogP contribution in [0.25, 0.3) is 0 Å². The van der Waals surface area contributed by atoms with Gasteiger partial charge in [0.25, 0.3) is 0 Å². The number of fused-ring (bicyclic) bond motifs is 1. The fourth-order valence-electron chi connectivity index (χ4n) is 2.80. The summed E-state index contributed by atoms with van der Waals surface area (Å²) in [5, 5.41) is 0. The van der Waals surface area contributed by atoms with Crippen LogP contribution >= 0.6 is 0 Å². The molecule has 2 aromatic carbocycles. The minimum absolute atomic E-state index is 0.170. The van der Waals surface area contributed by atoms with Gasteiger partial charge in [-0.05, 0) is 37.1 Å². The van der Waals surface area contributed by atoms with Crippen LogP contribution in [0.3, 0.4) is 0 Å². The summed E-state index contributed by atoms with van der Waals surface area (Å²) in [5.41, 5.74) is 2.51. The molecule has 3 rings (SSSR count). The fraction of sp³-hybridized carbons (Fsp3) is 0.235. The number of Topliss-reactive ketones (excluding diaryl/α,β-unsaturated/α-hetero) is 1. The number of hydrogen-bond acceptors (Lipinski definition) is 2. The molecule has 0 spiro atoms. The molecular weight excluding hydrogens is 253 g/mol. The quantitative estimate of drug-likeness (QED) is 0.795. The van der Waals surface area contributed by atoms with E-state index in [-0.39, 0.29) is 23.9 Å². The van der Waals surface area contributed by atoms with Crippen LogP contribution in [0.1, 0.15) is 22.8 Å². The molecule has 20 heavy (non-hydrogen) atoms. The van der Waals surface area contributed by atoms with E-state index in [1.54, 1.807) is 18.2 Å². The molecule has 1 atom stereocenters. The van der Waals surface area contributed by atoms with E-state index in [2.05, 4.69) is 17.9 Å². The highest BCUT2D eigenvalue weighted by Gasteiger charge is 2.27. The highest BCUT2D eigenvalue weighted by atomic mass is 19.1. The summed E-state index contributed by atoms with van der Waals surface area (Å²) >= 11 is 0. The van der Waals surface area contributed by atoms with E-state index in [1.165, 1.54) is 11.6 Å². The summed E-state index contributed by atoms with van der Waals surface area (Å²) in [6, 6.07) is 14.5. The Balaban J connectivity index is 1.85. The van der Waals surface area contributed by atoms with Crippen molar-refractivity contribution in [3.8, 4) is 0 Å². The van der Waals surface area contributed by atoms with Crippen molar-refractivity contribution in [1.29, 1.82) is 0 Å². The Morgan fingerprint density at radius 3 is 2.70 bits per heavy atom. The molecule has 0 N–H and O–H groups in total. The number of ketones is 1. The van der Waals surface area contributed by atoms with Crippen LogP contribution in [0.5, 0.6) is 0 Å². The molecule has 2 nitrogen and oxygen atoms in total. The molecule has 0 saturated heterocycles. The van der Waals surface area contributed by atoms with Gasteiger partial charge in [-0.15, -0.1) is 0 Å². The first-order valence-electron chi connectivity index (χ1n) is 6.79. The number of anilines is 1. The van der Waals surface area contributed by atoms with Crippen LogP contribution in [0, 0.1) is 5.82 Å². The Kier molecular flexibility index (Phi) is 3.26. The molecule has 0 saturated carbocycles.